The molecular formula is C7H18O2Si. The Hall–Kier alpha value is 0.137. The molecule has 0 radical (unpaired) electrons. The average Bonchev–Trinajstić information content (AvgIpc) is 1.80. The Bertz CT molecular complexity index is 88.1. The van der Waals surface area contributed by atoms with Crippen LogP contribution in [-0.4, -0.2) is 27.4 Å². The van der Waals surface area contributed by atoms with E-state index >= 15 is 0 Å². The molecule has 0 spiro atoms. The quantitative estimate of drug-likeness (QED) is 0.631. The van der Waals surface area contributed by atoms with E-state index in [0.29, 0.717) is 11.6 Å². The summed E-state index contributed by atoms with van der Waals surface area (Å²) in [6.45, 7) is 9.36. The van der Waals surface area contributed by atoms with Crippen LogP contribution in [0.15, 0.2) is 0 Å². The van der Waals surface area contributed by atoms with Crippen molar-refractivity contribution in [2.75, 3.05) is 13.2 Å². The molecule has 0 aliphatic heterocycles. The molecule has 0 heterocycles. The van der Waals surface area contributed by atoms with Crippen molar-refractivity contribution >= 4 is 9.04 Å². The van der Waals surface area contributed by atoms with Gasteiger partial charge in [0.1, 0.15) is 0 Å². The molecule has 0 saturated carbocycles. The normalized spacial score (nSPS) is 15.3. The van der Waals surface area contributed by atoms with Crippen LogP contribution >= 0.6 is 0 Å². The van der Waals surface area contributed by atoms with Gasteiger partial charge in [0.2, 0.25) is 0 Å². The van der Waals surface area contributed by atoms with Crippen LogP contribution in [-0.2, 0) is 4.43 Å². The van der Waals surface area contributed by atoms with E-state index in [2.05, 4.69) is 27.3 Å². The van der Waals surface area contributed by atoms with Crippen molar-refractivity contribution < 1.29 is 9.53 Å². The number of rotatable bonds is 3. The van der Waals surface area contributed by atoms with Crippen LogP contribution in [0, 0.1) is 0 Å². The van der Waals surface area contributed by atoms with Gasteiger partial charge in [-0.05, 0) is 11.6 Å². The summed E-state index contributed by atoms with van der Waals surface area (Å²) in [7, 11) is -1.07. The third-order valence-electron chi connectivity index (χ3n) is 1.68. The van der Waals surface area contributed by atoms with E-state index in [0.717, 1.165) is 0 Å². The maximum absolute atomic E-state index is 8.48. The SMILES string of the molecule is C[SiH](OCCO)C(C)(C)C. The van der Waals surface area contributed by atoms with Gasteiger partial charge in [-0.1, -0.05) is 20.8 Å². The van der Waals surface area contributed by atoms with E-state index in [1.165, 1.54) is 0 Å². The van der Waals surface area contributed by atoms with Gasteiger partial charge in [-0.3, -0.25) is 0 Å². The standard InChI is InChI=1S/C7H18O2Si/c1-7(2,3)10(4)9-6-5-8/h8,10H,5-6H2,1-4H3. The molecule has 1 N–H and O–H groups in total. The maximum atomic E-state index is 8.48. The highest BCUT2D eigenvalue weighted by molar-refractivity contribution is 6.53. The zero-order valence-corrected chi connectivity index (χ0v) is 8.50. The zero-order valence-electron chi connectivity index (χ0n) is 7.35. The van der Waals surface area contributed by atoms with Gasteiger partial charge in [0.15, 0.2) is 9.04 Å². The van der Waals surface area contributed by atoms with Crippen LogP contribution in [0.4, 0.5) is 0 Å². The van der Waals surface area contributed by atoms with Crippen molar-refractivity contribution in [3.63, 3.8) is 0 Å². The molecule has 0 aromatic heterocycles. The number of hydrogen-bond donors (Lipinski definition) is 1. The number of hydrogen-bond acceptors (Lipinski definition) is 2. The molecule has 3 heteroatoms. The van der Waals surface area contributed by atoms with Crippen molar-refractivity contribution in [2.24, 2.45) is 0 Å². The van der Waals surface area contributed by atoms with Crippen LogP contribution < -0.4 is 0 Å². The van der Waals surface area contributed by atoms with Gasteiger partial charge in [0, 0.05) is 0 Å². The molecule has 1 atom stereocenters. The molecule has 2 nitrogen and oxygen atoms in total. The molecule has 0 aliphatic rings. The van der Waals surface area contributed by atoms with Crippen LogP contribution in [0.3, 0.4) is 0 Å². The first-order valence-electron chi connectivity index (χ1n) is 3.71. The van der Waals surface area contributed by atoms with E-state index in [4.69, 9.17) is 9.53 Å². The van der Waals surface area contributed by atoms with Gasteiger partial charge in [0.25, 0.3) is 0 Å². The summed E-state index contributed by atoms with van der Waals surface area (Å²) in [5.41, 5.74) is 0. The lowest BCUT2D eigenvalue weighted by Crippen LogP contribution is -2.26. The molecule has 62 valence electrons. The highest BCUT2D eigenvalue weighted by atomic mass is 28.3. The van der Waals surface area contributed by atoms with Gasteiger partial charge in [-0.2, -0.15) is 0 Å². The van der Waals surface area contributed by atoms with Crippen LogP contribution in [0.5, 0.6) is 0 Å². The minimum Gasteiger partial charge on any atom is -0.417 e. The molecule has 0 rings (SSSR count). The van der Waals surface area contributed by atoms with Gasteiger partial charge in [-0.25, -0.2) is 0 Å². The molecule has 1 unspecified atom stereocenters. The smallest absolute Gasteiger partial charge is 0.179 e. The first-order valence-corrected chi connectivity index (χ1v) is 5.91. The minimum absolute atomic E-state index is 0.146. The van der Waals surface area contributed by atoms with Gasteiger partial charge >= 0.3 is 0 Å². The molecule has 0 aromatic rings. The van der Waals surface area contributed by atoms with Crippen molar-refractivity contribution in [2.45, 2.75) is 32.4 Å². The Kier molecular flexibility index (Phi) is 4.16. The second-order valence-electron chi connectivity index (χ2n) is 3.60. The highest BCUT2D eigenvalue weighted by Gasteiger charge is 2.22. The average molecular weight is 162 g/mol. The molecule has 0 aromatic carbocycles. The lowest BCUT2D eigenvalue weighted by Gasteiger charge is -2.25. The zero-order chi connectivity index (χ0) is 8.20. The Labute approximate surface area is 64.9 Å². The summed E-state index contributed by atoms with van der Waals surface area (Å²) in [6, 6.07) is 0. The maximum Gasteiger partial charge on any atom is 0.179 e. The molecule has 0 fully saturated rings. The first kappa shape index (κ1) is 10.1. The van der Waals surface area contributed by atoms with Crippen molar-refractivity contribution in [3.8, 4) is 0 Å². The van der Waals surface area contributed by atoms with Crippen molar-refractivity contribution in [3.05, 3.63) is 0 Å². The Morgan fingerprint density at radius 2 is 1.90 bits per heavy atom. The molecular weight excluding hydrogens is 144 g/mol. The van der Waals surface area contributed by atoms with E-state index in [1.807, 2.05) is 0 Å². The van der Waals surface area contributed by atoms with Crippen LogP contribution in [0.2, 0.25) is 11.6 Å². The highest BCUT2D eigenvalue weighted by Crippen LogP contribution is 2.26. The molecule has 0 aliphatic carbocycles. The summed E-state index contributed by atoms with van der Waals surface area (Å²) in [5.74, 6) is 0. The summed E-state index contributed by atoms with van der Waals surface area (Å²) in [6.07, 6.45) is 0. The molecule has 10 heavy (non-hydrogen) atoms. The van der Waals surface area contributed by atoms with Gasteiger partial charge in [0.05, 0.1) is 13.2 Å². The van der Waals surface area contributed by atoms with Crippen LogP contribution in [0.1, 0.15) is 20.8 Å². The van der Waals surface area contributed by atoms with Crippen molar-refractivity contribution in [1.29, 1.82) is 0 Å². The lowest BCUT2D eigenvalue weighted by molar-refractivity contribution is 0.196. The molecule has 0 bridgehead atoms. The third kappa shape index (κ3) is 4.03. The minimum atomic E-state index is -1.07. The first-order chi connectivity index (χ1) is 4.48. The van der Waals surface area contributed by atoms with Gasteiger partial charge in [-0.15, -0.1) is 0 Å². The Morgan fingerprint density at radius 3 is 2.20 bits per heavy atom. The largest absolute Gasteiger partial charge is 0.417 e. The number of aliphatic hydroxyl groups is 1. The lowest BCUT2D eigenvalue weighted by atomic mass is 10.3. The van der Waals surface area contributed by atoms with E-state index in [1.54, 1.807) is 0 Å². The van der Waals surface area contributed by atoms with E-state index in [-0.39, 0.29) is 6.61 Å². The Morgan fingerprint density at radius 1 is 1.40 bits per heavy atom. The molecule has 0 saturated heterocycles. The fourth-order valence-corrected chi connectivity index (χ4v) is 1.44. The summed E-state index contributed by atoms with van der Waals surface area (Å²) < 4.78 is 5.44. The summed E-state index contributed by atoms with van der Waals surface area (Å²) in [5, 5.41) is 8.79. The fraction of sp³-hybridized carbons (Fsp3) is 1.00. The number of aliphatic hydroxyl groups excluding tert-OH is 1. The monoisotopic (exact) mass is 162 g/mol. The summed E-state index contributed by atoms with van der Waals surface area (Å²) in [4.78, 5) is 0. The second-order valence-corrected chi connectivity index (χ2v) is 6.95. The predicted molar refractivity (Wildman–Crippen MR) is 45.8 cm³/mol. The Balaban J connectivity index is 3.52. The van der Waals surface area contributed by atoms with Crippen molar-refractivity contribution in [1.82, 2.24) is 0 Å². The van der Waals surface area contributed by atoms with E-state index < -0.39 is 9.04 Å². The van der Waals surface area contributed by atoms with Gasteiger partial charge < -0.3 is 9.53 Å². The topological polar surface area (TPSA) is 29.5 Å². The fourth-order valence-electron chi connectivity index (χ4n) is 0.479. The van der Waals surface area contributed by atoms with Crippen LogP contribution in [0.25, 0.3) is 0 Å². The second kappa shape index (κ2) is 4.11. The predicted octanol–water partition coefficient (Wildman–Crippen LogP) is 1.15. The third-order valence-corrected chi connectivity index (χ3v) is 4.85. The summed E-state index contributed by atoms with van der Waals surface area (Å²) >= 11 is 0. The molecule has 0 amide bonds. The van der Waals surface area contributed by atoms with E-state index in [9.17, 15) is 0 Å².